The van der Waals surface area contributed by atoms with E-state index in [-0.39, 0.29) is 5.91 Å². The average molecular weight is 349 g/mol. The van der Waals surface area contributed by atoms with Crippen molar-refractivity contribution in [3.8, 4) is 11.5 Å². The maximum atomic E-state index is 12.5. The summed E-state index contributed by atoms with van der Waals surface area (Å²) in [6.07, 6.45) is 7.90. The molecule has 0 aliphatic heterocycles. The lowest BCUT2D eigenvalue weighted by Crippen LogP contribution is -2.31. The molecule has 0 N–H and O–H groups in total. The molecule has 4 rings (SSSR count). The third kappa shape index (κ3) is 3.03. The Balaban J connectivity index is 1.66. The summed E-state index contributed by atoms with van der Waals surface area (Å²) in [5.41, 5.74) is 2.51. The zero-order valence-electron chi connectivity index (χ0n) is 14.3. The number of hydrogen-bond acceptors (Lipinski definition) is 5. The van der Waals surface area contributed by atoms with Crippen LogP contribution in [0.4, 0.5) is 5.69 Å². The maximum absolute atomic E-state index is 12.5. The summed E-state index contributed by atoms with van der Waals surface area (Å²) in [7, 11) is 0. The molecule has 0 bridgehead atoms. The van der Waals surface area contributed by atoms with Crippen molar-refractivity contribution in [1.29, 1.82) is 0 Å². The monoisotopic (exact) mass is 349 g/mol. The highest BCUT2D eigenvalue weighted by Gasteiger charge is 2.24. The van der Waals surface area contributed by atoms with Crippen molar-refractivity contribution < 1.29 is 9.21 Å². The van der Waals surface area contributed by atoms with Gasteiger partial charge in [-0.1, -0.05) is 12.6 Å². The van der Waals surface area contributed by atoms with Gasteiger partial charge in [0, 0.05) is 17.4 Å². The molecule has 3 aromatic rings. The van der Waals surface area contributed by atoms with Crippen LogP contribution in [-0.4, -0.2) is 25.9 Å². The molecule has 1 amide bonds. The smallest absolute Gasteiger partial charge is 0.250 e. The van der Waals surface area contributed by atoms with Crippen molar-refractivity contribution in [1.82, 2.24) is 20.0 Å². The molecule has 0 unspecified atom stereocenters. The van der Waals surface area contributed by atoms with Gasteiger partial charge in [-0.05, 0) is 49.6 Å². The van der Waals surface area contributed by atoms with Gasteiger partial charge in [0.25, 0.3) is 5.91 Å². The number of carbonyl (C=O) groups is 1. The van der Waals surface area contributed by atoms with Crippen molar-refractivity contribution in [2.45, 2.75) is 31.8 Å². The maximum Gasteiger partial charge on any atom is 0.250 e. The minimum absolute atomic E-state index is 0.172. The first-order valence-corrected chi connectivity index (χ1v) is 8.59. The van der Waals surface area contributed by atoms with Gasteiger partial charge in [-0.25, -0.2) is 0 Å². The molecule has 1 fully saturated rings. The fourth-order valence-electron chi connectivity index (χ4n) is 3.10. The molecule has 1 aliphatic carbocycles. The Kier molecular flexibility index (Phi) is 4.35. The Morgan fingerprint density at radius 1 is 1.38 bits per heavy atom. The van der Waals surface area contributed by atoms with E-state index >= 15 is 0 Å². The standard InChI is InChI=1S/C19H19N5O2/c1-2-18(25)23(12-17-9-10-21-24(17)15-6-4-7-15)16-8-3-5-14(11-16)19-22-20-13-26-19/h2-3,5,8-11,13,15H,1,4,6-7,12H2. The Bertz CT molecular complexity index is 912. The second-order valence-electron chi connectivity index (χ2n) is 6.27. The number of benzene rings is 1. The van der Waals surface area contributed by atoms with E-state index in [9.17, 15) is 4.79 Å². The summed E-state index contributed by atoms with van der Waals surface area (Å²) in [4.78, 5) is 14.2. The Morgan fingerprint density at radius 3 is 2.96 bits per heavy atom. The van der Waals surface area contributed by atoms with Crippen LogP contribution in [0.3, 0.4) is 0 Å². The molecular weight excluding hydrogens is 330 g/mol. The van der Waals surface area contributed by atoms with Gasteiger partial charge in [-0.3, -0.25) is 9.48 Å². The zero-order chi connectivity index (χ0) is 17.9. The van der Waals surface area contributed by atoms with E-state index in [2.05, 4.69) is 21.9 Å². The number of carbonyl (C=O) groups excluding carboxylic acids is 1. The minimum atomic E-state index is -0.172. The second-order valence-corrected chi connectivity index (χ2v) is 6.27. The first-order valence-electron chi connectivity index (χ1n) is 8.59. The predicted octanol–water partition coefficient (Wildman–Crippen LogP) is 3.38. The molecular formula is C19H19N5O2. The SMILES string of the molecule is C=CC(=O)N(Cc1ccnn1C1CCC1)c1cccc(-c2nnco2)c1. The number of nitrogens with zero attached hydrogens (tertiary/aromatic N) is 5. The van der Waals surface area contributed by atoms with E-state index in [0.29, 0.717) is 18.5 Å². The molecule has 1 aromatic carbocycles. The highest BCUT2D eigenvalue weighted by atomic mass is 16.4. The highest BCUT2D eigenvalue weighted by Crippen LogP contribution is 2.32. The van der Waals surface area contributed by atoms with Crippen molar-refractivity contribution in [2.75, 3.05) is 4.90 Å². The summed E-state index contributed by atoms with van der Waals surface area (Å²) in [5.74, 6) is 0.242. The van der Waals surface area contributed by atoms with Crippen LogP contribution >= 0.6 is 0 Å². The normalized spacial score (nSPS) is 14.0. The molecule has 0 spiro atoms. The van der Waals surface area contributed by atoms with Gasteiger partial charge in [0.2, 0.25) is 12.3 Å². The summed E-state index contributed by atoms with van der Waals surface area (Å²) < 4.78 is 7.30. The summed E-state index contributed by atoms with van der Waals surface area (Å²) in [6, 6.07) is 9.87. The first kappa shape index (κ1) is 16.3. The molecule has 0 atom stereocenters. The van der Waals surface area contributed by atoms with E-state index in [1.165, 1.54) is 18.9 Å². The van der Waals surface area contributed by atoms with Gasteiger partial charge in [0.05, 0.1) is 18.3 Å². The van der Waals surface area contributed by atoms with Crippen LogP contribution < -0.4 is 4.90 Å². The molecule has 0 saturated heterocycles. The minimum Gasteiger partial charge on any atom is -0.423 e. The highest BCUT2D eigenvalue weighted by molar-refractivity contribution is 6.01. The van der Waals surface area contributed by atoms with Crippen LogP contribution in [0.5, 0.6) is 0 Å². The Hall–Kier alpha value is -3.22. The summed E-state index contributed by atoms with van der Waals surface area (Å²) >= 11 is 0. The quantitative estimate of drug-likeness (QED) is 0.638. The Labute approximate surface area is 151 Å². The molecule has 7 heteroatoms. The van der Waals surface area contributed by atoms with E-state index in [1.807, 2.05) is 35.0 Å². The molecule has 2 heterocycles. The van der Waals surface area contributed by atoms with Crippen LogP contribution in [-0.2, 0) is 11.3 Å². The summed E-state index contributed by atoms with van der Waals surface area (Å²) in [6.45, 7) is 4.06. The van der Waals surface area contributed by atoms with Crippen LogP contribution in [0.2, 0.25) is 0 Å². The van der Waals surface area contributed by atoms with Gasteiger partial charge >= 0.3 is 0 Å². The second kappa shape index (κ2) is 6.95. The molecule has 1 aliphatic rings. The fraction of sp³-hybridized carbons (Fsp3) is 0.263. The van der Waals surface area contributed by atoms with Crippen LogP contribution in [0.15, 0.2) is 60.0 Å². The number of rotatable bonds is 6. The van der Waals surface area contributed by atoms with Gasteiger partial charge in [-0.2, -0.15) is 5.10 Å². The first-order chi connectivity index (χ1) is 12.8. The summed E-state index contributed by atoms with van der Waals surface area (Å²) in [5, 5.41) is 12.1. The van der Waals surface area contributed by atoms with Gasteiger partial charge in [0.1, 0.15) is 0 Å². The van der Waals surface area contributed by atoms with Crippen LogP contribution in [0.25, 0.3) is 11.5 Å². The lowest BCUT2D eigenvalue weighted by molar-refractivity contribution is -0.114. The van der Waals surface area contributed by atoms with E-state index in [0.717, 1.165) is 29.8 Å². The lowest BCUT2D eigenvalue weighted by Gasteiger charge is -2.29. The fourth-order valence-corrected chi connectivity index (χ4v) is 3.10. The third-order valence-electron chi connectivity index (χ3n) is 4.70. The third-order valence-corrected chi connectivity index (χ3v) is 4.70. The van der Waals surface area contributed by atoms with Crippen molar-refractivity contribution in [2.24, 2.45) is 0 Å². The molecule has 2 aromatic heterocycles. The van der Waals surface area contributed by atoms with E-state index in [1.54, 1.807) is 11.1 Å². The van der Waals surface area contributed by atoms with Crippen LogP contribution in [0, 0.1) is 0 Å². The van der Waals surface area contributed by atoms with Crippen LogP contribution in [0.1, 0.15) is 31.0 Å². The van der Waals surface area contributed by atoms with E-state index < -0.39 is 0 Å². The lowest BCUT2D eigenvalue weighted by atomic mass is 9.93. The predicted molar refractivity (Wildman–Crippen MR) is 96.2 cm³/mol. The van der Waals surface area contributed by atoms with Gasteiger partial charge < -0.3 is 9.32 Å². The van der Waals surface area contributed by atoms with Gasteiger partial charge in [0.15, 0.2) is 0 Å². The van der Waals surface area contributed by atoms with Gasteiger partial charge in [-0.15, -0.1) is 10.2 Å². The number of aromatic nitrogens is 4. The number of amides is 1. The molecule has 132 valence electrons. The largest absolute Gasteiger partial charge is 0.423 e. The van der Waals surface area contributed by atoms with Crippen molar-refractivity contribution in [3.63, 3.8) is 0 Å². The molecule has 1 saturated carbocycles. The molecule has 26 heavy (non-hydrogen) atoms. The average Bonchev–Trinajstić information content (AvgIpc) is 3.30. The zero-order valence-corrected chi connectivity index (χ0v) is 14.3. The topological polar surface area (TPSA) is 77.1 Å². The van der Waals surface area contributed by atoms with Crippen molar-refractivity contribution in [3.05, 3.63) is 61.3 Å². The number of hydrogen-bond donors (Lipinski definition) is 0. The van der Waals surface area contributed by atoms with E-state index in [4.69, 9.17) is 4.42 Å². The van der Waals surface area contributed by atoms with Crippen molar-refractivity contribution >= 4 is 11.6 Å². The Morgan fingerprint density at radius 2 is 2.27 bits per heavy atom. The molecule has 0 radical (unpaired) electrons. The molecule has 7 nitrogen and oxygen atoms in total. The number of anilines is 1.